The molecule has 0 radical (unpaired) electrons. The number of nitrogens with one attached hydrogen (secondary N) is 2. The fourth-order valence-corrected chi connectivity index (χ4v) is 1.85. The molecule has 0 unspecified atom stereocenters. The van der Waals surface area contributed by atoms with Crippen LogP contribution in [-0.4, -0.2) is 17.0 Å². The van der Waals surface area contributed by atoms with Crippen molar-refractivity contribution < 1.29 is 0 Å². The van der Waals surface area contributed by atoms with Gasteiger partial charge >= 0.3 is 0 Å². The molecule has 0 spiro atoms. The second-order valence-corrected chi connectivity index (χ2v) is 3.80. The molecule has 0 aliphatic rings. The standard InChI is InChI=1S/C10H12N4S/c1-11-9-4-10(14-7-13-9)12-5-8-2-3-15-6-8/h2-4,6-7H,5H2,1H3,(H2,11,12,13,14). The van der Waals surface area contributed by atoms with Gasteiger partial charge in [-0.2, -0.15) is 11.3 Å². The number of rotatable bonds is 4. The van der Waals surface area contributed by atoms with Crippen molar-refractivity contribution in [3.05, 3.63) is 34.8 Å². The van der Waals surface area contributed by atoms with Crippen LogP contribution in [0.15, 0.2) is 29.2 Å². The summed E-state index contributed by atoms with van der Waals surface area (Å²) in [5, 5.41) is 10.4. The van der Waals surface area contributed by atoms with Gasteiger partial charge in [0.1, 0.15) is 18.0 Å². The Morgan fingerprint density at radius 2 is 2.20 bits per heavy atom. The average Bonchev–Trinajstić information content (AvgIpc) is 2.79. The van der Waals surface area contributed by atoms with Gasteiger partial charge in [0.25, 0.3) is 0 Å². The number of hydrogen-bond donors (Lipinski definition) is 2. The molecule has 0 saturated carbocycles. The number of aromatic nitrogens is 2. The van der Waals surface area contributed by atoms with Gasteiger partial charge in [-0.3, -0.25) is 0 Å². The molecular weight excluding hydrogens is 208 g/mol. The van der Waals surface area contributed by atoms with Crippen molar-refractivity contribution in [1.82, 2.24) is 9.97 Å². The summed E-state index contributed by atoms with van der Waals surface area (Å²) in [4.78, 5) is 8.17. The molecule has 5 heteroatoms. The minimum Gasteiger partial charge on any atom is -0.373 e. The first-order chi connectivity index (χ1) is 7.38. The third kappa shape index (κ3) is 2.66. The number of anilines is 2. The molecule has 2 rings (SSSR count). The lowest BCUT2D eigenvalue weighted by Crippen LogP contribution is -2.02. The van der Waals surface area contributed by atoms with Crippen molar-refractivity contribution in [3.63, 3.8) is 0 Å². The maximum absolute atomic E-state index is 4.13. The van der Waals surface area contributed by atoms with Crippen LogP contribution in [0.25, 0.3) is 0 Å². The van der Waals surface area contributed by atoms with E-state index in [2.05, 4.69) is 37.4 Å². The van der Waals surface area contributed by atoms with Crippen LogP contribution in [0.1, 0.15) is 5.56 Å². The van der Waals surface area contributed by atoms with E-state index < -0.39 is 0 Å². The number of hydrogen-bond acceptors (Lipinski definition) is 5. The fraction of sp³-hybridized carbons (Fsp3) is 0.200. The van der Waals surface area contributed by atoms with Crippen molar-refractivity contribution in [2.24, 2.45) is 0 Å². The third-order valence-corrected chi connectivity index (χ3v) is 2.71. The average molecular weight is 220 g/mol. The van der Waals surface area contributed by atoms with Gasteiger partial charge in [-0.15, -0.1) is 0 Å². The molecule has 15 heavy (non-hydrogen) atoms. The Hall–Kier alpha value is -1.62. The van der Waals surface area contributed by atoms with Gasteiger partial charge in [-0.05, 0) is 22.4 Å². The van der Waals surface area contributed by atoms with Crippen molar-refractivity contribution in [2.75, 3.05) is 17.7 Å². The van der Waals surface area contributed by atoms with Crippen LogP contribution < -0.4 is 10.6 Å². The Morgan fingerprint density at radius 1 is 1.33 bits per heavy atom. The summed E-state index contributed by atoms with van der Waals surface area (Å²) in [7, 11) is 1.84. The molecule has 0 bridgehead atoms. The lowest BCUT2D eigenvalue weighted by Gasteiger charge is -2.05. The summed E-state index contributed by atoms with van der Waals surface area (Å²) in [6.45, 7) is 0.795. The zero-order valence-corrected chi connectivity index (χ0v) is 9.21. The van der Waals surface area contributed by atoms with Crippen LogP contribution in [0, 0.1) is 0 Å². The van der Waals surface area contributed by atoms with E-state index in [-0.39, 0.29) is 0 Å². The van der Waals surface area contributed by atoms with Crippen LogP contribution in [0.4, 0.5) is 11.6 Å². The number of nitrogens with zero attached hydrogens (tertiary/aromatic N) is 2. The van der Waals surface area contributed by atoms with Gasteiger partial charge in [-0.25, -0.2) is 9.97 Å². The van der Waals surface area contributed by atoms with E-state index in [1.165, 1.54) is 5.56 Å². The van der Waals surface area contributed by atoms with Gasteiger partial charge in [0.15, 0.2) is 0 Å². The van der Waals surface area contributed by atoms with Gasteiger partial charge in [-0.1, -0.05) is 0 Å². The molecule has 0 amide bonds. The summed E-state index contributed by atoms with van der Waals surface area (Å²) in [5.74, 6) is 1.65. The van der Waals surface area contributed by atoms with Crippen LogP contribution in [0.3, 0.4) is 0 Å². The highest BCUT2D eigenvalue weighted by Crippen LogP contribution is 2.11. The van der Waals surface area contributed by atoms with Gasteiger partial charge in [0.2, 0.25) is 0 Å². The van der Waals surface area contributed by atoms with Gasteiger partial charge in [0.05, 0.1) is 0 Å². The van der Waals surface area contributed by atoms with Crippen LogP contribution in [0.5, 0.6) is 0 Å². The molecule has 0 saturated heterocycles. The van der Waals surface area contributed by atoms with E-state index in [0.29, 0.717) is 0 Å². The molecule has 0 fully saturated rings. The molecule has 2 heterocycles. The van der Waals surface area contributed by atoms with Crippen LogP contribution in [0.2, 0.25) is 0 Å². The second kappa shape index (κ2) is 4.75. The first-order valence-electron chi connectivity index (χ1n) is 4.63. The molecule has 0 aromatic carbocycles. The topological polar surface area (TPSA) is 49.8 Å². The van der Waals surface area contributed by atoms with E-state index in [4.69, 9.17) is 0 Å². The molecule has 0 aliphatic heterocycles. The van der Waals surface area contributed by atoms with Gasteiger partial charge < -0.3 is 10.6 Å². The maximum Gasteiger partial charge on any atom is 0.131 e. The first kappa shape index (κ1) is 9.92. The minimum atomic E-state index is 0.795. The third-order valence-electron chi connectivity index (χ3n) is 1.98. The molecule has 2 N–H and O–H groups in total. The highest BCUT2D eigenvalue weighted by Gasteiger charge is 1.97. The van der Waals surface area contributed by atoms with E-state index in [0.717, 1.165) is 18.2 Å². The van der Waals surface area contributed by atoms with Crippen LogP contribution >= 0.6 is 11.3 Å². The van der Waals surface area contributed by atoms with Crippen molar-refractivity contribution in [1.29, 1.82) is 0 Å². The summed E-state index contributed by atoms with van der Waals surface area (Å²) in [5.41, 5.74) is 1.27. The Labute approximate surface area is 92.4 Å². The molecule has 2 aromatic rings. The minimum absolute atomic E-state index is 0.795. The molecular formula is C10H12N4S. The maximum atomic E-state index is 4.13. The predicted octanol–water partition coefficient (Wildman–Crippen LogP) is 2.19. The van der Waals surface area contributed by atoms with E-state index in [1.807, 2.05) is 13.1 Å². The van der Waals surface area contributed by atoms with Crippen LogP contribution in [-0.2, 0) is 6.54 Å². The largest absolute Gasteiger partial charge is 0.373 e. The summed E-state index contributed by atoms with van der Waals surface area (Å²) >= 11 is 1.70. The molecule has 2 aromatic heterocycles. The quantitative estimate of drug-likeness (QED) is 0.829. The van der Waals surface area contributed by atoms with E-state index >= 15 is 0 Å². The van der Waals surface area contributed by atoms with Crippen molar-refractivity contribution in [2.45, 2.75) is 6.54 Å². The first-order valence-corrected chi connectivity index (χ1v) is 5.57. The second-order valence-electron chi connectivity index (χ2n) is 3.02. The normalized spacial score (nSPS) is 9.93. The molecule has 4 nitrogen and oxygen atoms in total. The fourth-order valence-electron chi connectivity index (χ4n) is 1.18. The zero-order valence-electron chi connectivity index (χ0n) is 8.40. The Bertz CT molecular complexity index is 413. The lowest BCUT2D eigenvalue weighted by molar-refractivity contribution is 1.09. The summed E-state index contributed by atoms with van der Waals surface area (Å²) < 4.78 is 0. The monoisotopic (exact) mass is 220 g/mol. The highest BCUT2D eigenvalue weighted by atomic mass is 32.1. The zero-order chi connectivity index (χ0) is 10.5. The smallest absolute Gasteiger partial charge is 0.131 e. The predicted molar refractivity (Wildman–Crippen MR) is 63.2 cm³/mol. The molecule has 78 valence electrons. The highest BCUT2D eigenvalue weighted by molar-refractivity contribution is 7.07. The molecule has 0 aliphatic carbocycles. The lowest BCUT2D eigenvalue weighted by atomic mass is 10.3. The van der Waals surface area contributed by atoms with Crippen molar-refractivity contribution >= 4 is 23.0 Å². The Balaban J connectivity index is 1.98. The van der Waals surface area contributed by atoms with E-state index in [1.54, 1.807) is 17.7 Å². The Kier molecular flexibility index (Phi) is 3.14. The summed E-state index contributed by atoms with van der Waals surface area (Å²) in [6, 6.07) is 3.98. The van der Waals surface area contributed by atoms with Gasteiger partial charge in [0, 0.05) is 19.7 Å². The Morgan fingerprint density at radius 3 is 2.93 bits per heavy atom. The number of thiophene rings is 1. The summed E-state index contributed by atoms with van der Waals surface area (Å²) in [6.07, 6.45) is 1.54. The van der Waals surface area contributed by atoms with E-state index in [9.17, 15) is 0 Å². The molecule has 0 atom stereocenters. The SMILES string of the molecule is CNc1cc(NCc2ccsc2)ncn1. The van der Waals surface area contributed by atoms with Crippen molar-refractivity contribution in [3.8, 4) is 0 Å².